The second kappa shape index (κ2) is 5.25. The maximum Gasteiger partial charge on any atom is 0.283 e. The number of nitro groups is 1. The number of nitrogens with zero attached hydrogens (tertiary/aromatic N) is 1. The highest BCUT2D eigenvalue weighted by Crippen LogP contribution is 2.52. The van der Waals surface area contributed by atoms with E-state index in [0.29, 0.717) is 22.5 Å². The van der Waals surface area contributed by atoms with E-state index in [4.69, 9.17) is 4.74 Å². The molecular weight excluding hydrogens is 336 g/mol. The summed E-state index contributed by atoms with van der Waals surface area (Å²) in [6.07, 6.45) is 2.62. The van der Waals surface area contributed by atoms with Crippen LogP contribution in [0.25, 0.3) is 0 Å². The zero-order chi connectivity index (χ0) is 15.2. The maximum absolute atomic E-state index is 10.9. The van der Waals surface area contributed by atoms with Crippen molar-refractivity contribution in [1.82, 2.24) is 0 Å². The van der Waals surface area contributed by atoms with Crippen molar-refractivity contribution in [2.24, 2.45) is 11.3 Å². The summed E-state index contributed by atoms with van der Waals surface area (Å²) in [7, 11) is 0. The van der Waals surface area contributed by atoms with Gasteiger partial charge in [-0.1, -0.05) is 13.8 Å². The number of benzene rings is 1. The van der Waals surface area contributed by atoms with Crippen LogP contribution in [-0.4, -0.2) is 23.7 Å². The fraction of sp³-hybridized carbons (Fsp3) is 0.600. The summed E-state index contributed by atoms with van der Waals surface area (Å²) in [6.45, 7) is 5.30. The number of rotatable bonds is 3. The lowest BCUT2D eigenvalue weighted by atomic mass is 9.55. The first-order valence-electron chi connectivity index (χ1n) is 7.23. The third-order valence-corrected chi connectivity index (χ3v) is 5.43. The molecule has 21 heavy (non-hydrogen) atoms. The zero-order valence-corrected chi connectivity index (χ0v) is 13.7. The van der Waals surface area contributed by atoms with Crippen LogP contribution in [0.2, 0.25) is 0 Å². The van der Waals surface area contributed by atoms with E-state index in [1.165, 1.54) is 12.5 Å². The Balaban J connectivity index is 1.77. The van der Waals surface area contributed by atoms with Crippen LogP contribution in [0, 0.1) is 21.4 Å². The summed E-state index contributed by atoms with van der Waals surface area (Å²) in [5.74, 6) is 0.530. The molecule has 3 atom stereocenters. The Morgan fingerprint density at radius 2 is 2.24 bits per heavy atom. The molecule has 1 N–H and O–H groups in total. The van der Waals surface area contributed by atoms with E-state index in [-0.39, 0.29) is 16.0 Å². The van der Waals surface area contributed by atoms with Crippen LogP contribution in [0.5, 0.6) is 0 Å². The zero-order valence-electron chi connectivity index (χ0n) is 12.1. The van der Waals surface area contributed by atoms with Crippen molar-refractivity contribution < 1.29 is 9.66 Å². The molecule has 0 radical (unpaired) electrons. The number of hydrogen-bond acceptors (Lipinski definition) is 4. The standard InChI is InChI=1S/C15H19BrN2O3/c1-15(2)13(10-4-3-7-21-14(10)15)17-9-5-6-12(18(19)20)11(16)8-9/h5-6,8,10,13-14,17H,3-4,7H2,1-2H3. The summed E-state index contributed by atoms with van der Waals surface area (Å²) in [4.78, 5) is 10.5. The van der Waals surface area contributed by atoms with Crippen molar-refractivity contribution in [1.29, 1.82) is 0 Å². The lowest BCUT2D eigenvalue weighted by Gasteiger charge is -2.60. The molecule has 3 rings (SSSR count). The van der Waals surface area contributed by atoms with E-state index < -0.39 is 0 Å². The summed E-state index contributed by atoms with van der Waals surface area (Å²) in [6, 6.07) is 5.44. The molecule has 5 nitrogen and oxygen atoms in total. The van der Waals surface area contributed by atoms with Gasteiger partial charge < -0.3 is 10.1 Å². The molecule has 2 fully saturated rings. The van der Waals surface area contributed by atoms with Gasteiger partial charge in [0.1, 0.15) is 0 Å². The minimum Gasteiger partial charge on any atom is -0.381 e. The normalized spacial score (nSPS) is 30.1. The Morgan fingerprint density at radius 1 is 1.48 bits per heavy atom. The van der Waals surface area contributed by atoms with Gasteiger partial charge in [0.15, 0.2) is 0 Å². The van der Waals surface area contributed by atoms with Gasteiger partial charge in [0.05, 0.1) is 15.5 Å². The van der Waals surface area contributed by atoms with E-state index in [2.05, 4.69) is 35.1 Å². The molecule has 1 aromatic rings. The number of nitrogens with one attached hydrogen (secondary N) is 1. The third-order valence-electron chi connectivity index (χ3n) is 4.80. The molecule has 114 valence electrons. The SMILES string of the molecule is CC1(C)C(Nc2ccc([N+](=O)[O-])c(Br)c2)C2CCCOC21. The number of hydrogen-bond donors (Lipinski definition) is 1. The van der Waals surface area contributed by atoms with Gasteiger partial charge in [-0.3, -0.25) is 10.1 Å². The molecule has 1 saturated heterocycles. The lowest BCUT2D eigenvalue weighted by molar-refractivity contribution is -0.385. The number of fused-ring (bicyclic) bond motifs is 1. The predicted molar refractivity (Wildman–Crippen MR) is 84.5 cm³/mol. The second-order valence-electron chi connectivity index (χ2n) is 6.46. The Labute approximate surface area is 132 Å². The highest BCUT2D eigenvalue weighted by molar-refractivity contribution is 9.10. The molecule has 0 aromatic heterocycles. The lowest BCUT2D eigenvalue weighted by Crippen LogP contribution is -2.67. The van der Waals surface area contributed by atoms with Crippen LogP contribution < -0.4 is 5.32 Å². The molecule has 2 aliphatic rings. The van der Waals surface area contributed by atoms with E-state index in [0.717, 1.165) is 18.7 Å². The van der Waals surface area contributed by atoms with Gasteiger partial charge in [0.2, 0.25) is 0 Å². The summed E-state index contributed by atoms with van der Waals surface area (Å²) >= 11 is 3.27. The van der Waals surface area contributed by atoms with Crippen molar-refractivity contribution in [3.05, 3.63) is 32.8 Å². The first kappa shape index (κ1) is 14.8. The van der Waals surface area contributed by atoms with Crippen LogP contribution >= 0.6 is 15.9 Å². The molecule has 1 aliphatic carbocycles. The minimum atomic E-state index is -0.383. The summed E-state index contributed by atoms with van der Waals surface area (Å²) in [5, 5.41) is 14.4. The predicted octanol–water partition coefficient (Wildman–Crippen LogP) is 3.97. The maximum atomic E-state index is 10.9. The Kier molecular flexibility index (Phi) is 3.69. The fourth-order valence-corrected chi connectivity index (χ4v) is 4.26. The topological polar surface area (TPSA) is 64.4 Å². The molecule has 0 amide bonds. The smallest absolute Gasteiger partial charge is 0.283 e. The van der Waals surface area contributed by atoms with Gasteiger partial charge in [-0.2, -0.15) is 0 Å². The molecule has 3 unspecified atom stereocenters. The molecule has 1 saturated carbocycles. The minimum absolute atomic E-state index is 0.0827. The monoisotopic (exact) mass is 354 g/mol. The number of nitro benzene ring substituents is 1. The molecular formula is C15H19BrN2O3. The van der Waals surface area contributed by atoms with Gasteiger partial charge in [0.25, 0.3) is 5.69 Å². The molecule has 0 bridgehead atoms. The quantitative estimate of drug-likeness (QED) is 0.658. The van der Waals surface area contributed by atoms with Crippen LogP contribution in [-0.2, 0) is 4.74 Å². The van der Waals surface area contributed by atoms with Gasteiger partial charge >= 0.3 is 0 Å². The third kappa shape index (κ3) is 2.44. The molecule has 1 aliphatic heterocycles. The average Bonchev–Trinajstić information content (AvgIpc) is 2.44. The van der Waals surface area contributed by atoms with Crippen LogP contribution in [0.4, 0.5) is 11.4 Å². The summed E-state index contributed by atoms with van der Waals surface area (Å²) < 4.78 is 6.40. The Hall–Kier alpha value is -1.14. The molecule has 1 aromatic carbocycles. The van der Waals surface area contributed by atoms with Crippen molar-refractivity contribution in [2.45, 2.75) is 38.8 Å². The summed E-state index contributed by atoms with van der Waals surface area (Å²) in [5.41, 5.74) is 1.08. The highest BCUT2D eigenvalue weighted by Gasteiger charge is 2.57. The van der Waals surface area contributed by atoms with E-state index >= 15 is 0 Å². The van der Waals surface area contributed by atoms with Crippen LogP contribution in [0.3, 0.4) is 0 Å². The van der Waals surface area contributed by atoms with Gasteiger partial charge in [0, 0.05) is 35.7 Å². The van der Waals surface area contributed by atoms with Crippen molar-refractivity contribution in [3.8, 4) is 0 Å². The van der Waals surface area contributed by atoms with Crippen LogP contribution in [0.1, 0.15) is 26.7 Å². The highest BCUT2D eigenvalue weighted by atomic mass is 79.9. The van der Waals surface area contributed by atoms with Crippen molar-refractivity contribution in [2.75, 3.05) is 11.9 Å². The first-order valence-corrected chi connectivity index (χ1v) is 8.02. The van der Waals surface area contributed by atoms with Gasteiger partial charge in [-0.25, -0.2) is 0 Å². The van der Waals surface area contributed by atoms with Gasteiger partial charge in [-0.05, 0) is 40.9 Å². The van der Waals surface area contributed by atoms with Crippen molar-refractivity contribution in [3.63, 3.8) is 0 Å². The Morgan fingerprint density at radius 3 is 2.90 bits per heavy atom. The Bertz CT molecular complexity index is 576. The van der Waals surface area contributed by atoms with Crippen LogP contribution in [0.15, 0.2) is 22.7 Å². The molecule has 6 heteroatoms. The number of halogens is 1. The second-order valence-corrected chi connectivity index (χ2v) is 7.32. The fourth-order valence-electron chi connectivity index (χ4n) is 3.74. The number of ether oxygens (including phenoxy) is 1. The molecule has 0 spiro atoms. The van der Waals surface area contributed by atoms with E-state index in [1.54, 1.807) is 12.1 Å². The number of anilines is 1. The largest absolute Gasteiger partial charge is 0.381 e. The van der Waals surface area contributed by atoms with Gasteiger partial charge in [-0.15, -0.1) is 0 Å². The van der Waals surface area contributed by atoms with Crippen molar-refractivity contribution >= 4 is 27.3 Å². The van der Waals surface area contributed by atoms with E-state index in [1.807, 2.05) is 0 Å². The molecule has 1 heterocycles. The average molecular weight is 355 g/mol. The van der Waals surface area contributed by atoms with E-state index in [9.17, 15) is 10.1 Å². The first-order chi connectivity index (χ1) is 9.91.